The number of carbonyl (C=O) groups excluding carboxylic acids is 1. The van der Waals surface area contributed by atoms with Gasteiger partial charge in [-0.15, -0.1) is 35.3 Å². The first-order valence-electron chi connectivity index (χ1n) is 5.71. The summed E-state index contributed by atoms with van der Waals surface area (Å²) in [7, 11) is 0. The van der Waals surface area contributed by atoms with Gasteiger partial charge in [0.25, 0.3) is 0 Å². The van der Waals surface area contributed by atoms with Crippen molar-refractivity contribution < 1.29 is 9.53 Å². The van der Waals surface area contributed by atoms with Gasteiger partial charge in [-0.2, -0.15) is 0 Å². The van der Waals surface area contributed by atoms with Gasteiger partial charge < -0.3 is 4.74 Å². The number of ether oxygens (including phenoxy) is 1. The van der Waals surface area contributed by atoms with Crippen LogP contribution in [0.4, 0.5) is 0 Å². The average Bonchev–Trinajstić information content (AvgIpc) is 2.27. The molecule has 0 rings (SSSR count). The zero-order valence-corrected chi connectivity index (χ0v) is 13.0. The molecular weight excluding hydrogens is 260 g/mol. The van der Waals surface area contributed by atoms with Crippen LogP contribution >= 0.6 is 35.3 Å². The molecule has 0 spiro atoms. The van der Waals surface area contributed by atoms with Crippen LogP contribution in [-0.4, -0.2) is 39.7 Å². The maximum absolute atomic E-state index is 12.2. The summed E-state index contributed by atoms with van der Waals surface area (Å²) in [6.45, 7) is 8.77. The predicted molar refractivity (Wildman–Crippen MR) is 78.6 cm³/mol. The Morgan fingerprint density at radius 3 is 1.88 bits per heavy atom. The number of rotatable bonds is 10. The van der Waals surface area contributed by atoms with Crippen molar-refractivity contribution >= 4 is 41.1 Å². The van der Waals surface area contributed by atoms with E-state index in [4.69, 9.17) is 4.74 Å². The summed E-state index contributed by atoms with van der Waals surface area (Å²) in [4.78, 5) is 12.2. The summed E-state index contributed by atoms with van der Waals surface area (Å²) in [5.41, 5.74) is -0.280. The first-order valence-corrected chi connectivity index (χ1v) is 8.85. The Morgan fingerprint density at radius 1 is 1.00 bits per heavy atom. The fraction of sp³-hybridized carbons (Fsp3) is 0.909. The lowest BCUT2D eigenvalue weighted by molar-refractivity contribution is -0.123. The molecule has 0 amide bonds. The third kappa shape index (κ3) is 6.42. The minimum Gasteiger partial charge on any atom is -0.360 e. The van der Waals surface area contributed by atoms with Gasteiger partial charge in [-0.05, 0) is 24.2 Å². The summed E-state index contributed by atoms with van der Waals surface area (Å²) in [5.74, 6) is 3.09. The lowest BCUT2D eigenvalue weighted by Crippen LogP contribution is -2.29. The maximum atomic E-state index is 12.2. The monoisotopic (exact) mass is 282 g/mol. The van der Waals surface area contributed by atoms with Crippen LogP contribution in [-0.2, 0) is 9.53 Å². The zero-order valence-electron chi connectivity index (χ0n) is 10.5. The largest absolute Gasteiger partial charge is 0.360 e. The minimum absolute atomic E-state index is 0.0330. The van der Waals surface area contributed by atoms with E-state index in [2.05, 4.69) is 20.8 Å². The van der Waals surface area contributed by atoms with Crippen LogP contribution < -0.4 is 0 Å². The third-order valence-corrected chi connectivity index (χ3v) is 5.29. The summed E-state index contributed by atoms with van der Waals surface area (Å²) in [5, 5.41) is 0. The summed E-state index contributed by atoms with van der Waals surface area (Å²) < 4.78 is 5.54. The SMILES string of the molecule is CCOC(SCC)C(=O)C(SCC)SCC. The molecule has 0 aliphatic carbocycles. The number of thioether (sulfide) groups is 3. The van der Waals surface area contributed by atoms with Crippen LogP contribution in [0.2, 0.25) is 0 Å². The molecule has 0 saturated carbocycles. The van der Waals surface area contributed by atoms with Crippen LogP contribution in [0.3, 0.4) is 0 Å². The van der Waals surface area contributed by atoms with E-state index in [0.717, 1.165) is 17.3 Å². The highest BCUT2D eigenvalue weighted by Gasteiger charge is 2.27. The van der Waals surface area contributed by atoms with Crippen LogP contribution in [0.15, 0.2) is 0 Å². The van der Waals surface area contributed by atoms with Gasteiger partial charge in [0.15, 0.2) is 11.2 Å². The van der Waals surface area contributed by atoms with Gasteiger partial charge in [0, 0.05) is 6.61 Å². The molecule has 16 heavy (non-hydrogen) atoms. The first-order chi connectivity index (χ1) is 7.71. The molecule has 5 heteroatoms. The van der Waals surface area contributed by atoms with Gasteiger partial charge in [0.05, 0.1) is 0 Å². The molecular formula is C11H22O2S3. The quantitative estimate of drug-likeness (QED) is 0.571. The molecule has 1 atom stereocenters. The molecule has 0 bridgehead atoms. The van der Waals surface area contributed by atoms with Gasteiger partial charge in [-0.3, -0.25) is 4.79 Å². The highest BCUT2D eigenvalue weighted by atomic mass is 32.2. The summed E-state index contributed by atoms with van der Waals surface area (Å²) >= 11 is 5.01. The average molecular weight is 282 g/mol. The normalized spacial score (nSPS) is 13.1. The van der Waals surface area contributed by atoms with Crippen LogP contribution in [0, 0.1) is 0 Å². The van der Waals surface area contributed by atoms with Crippen molar-refractivity contribution in [3.63, 3.8) is 0 Å². The van der Waals surface area contributed by atoms with Crippen molar-refractivity contribution in [3.8, 4) is 0 Å². The van der Waals surface area contributed by atoms with Gasteiger partial charge >= 0.3 is 0 Å². The van der Waals surface area contributed by atoms with E-state index in [9.17, 15) is 4.79 Å². The number of Topliss-reactive ketones (excluding diaryl/α,β-unsaturated/α-hetero) is 1. The molecule has 96 valence electrons. The van der Waals surface area contributed by atoms with E-state index in [-0.39, 0.29) is 15.8 Å². The standard InChI is InChI=1S/C11H22O2S3/c1-5-13-10(14-6-2)9(12)11(15-7-3)16-8-4/h10-11H,5-8H2,1-4H3. The summed E-state index contributed by atoms with van der Waals surface area (Å²) in [6, 6.07) is 0. The molecule has 0 aromatic carbocycles. The fourth-order valence-electron chi connectivity index (χ4n) is 1.14. The van der Waals surface area contributed by atoms with Crippen LogP contribution in [0.5, 0.6) is 0 Å². The highest BCUT2D eigenvalue weighted by molar-refractivity contribution is 8.18. The fourth-order valence-corrected chi connectivity index (χ4v) is 4.53. The number of hydrogen-bond acceptors (Lipinski definition) is 5. The molecule has 0 radical (unpaired) electrons. The van der Waals surface area contributed by atoms with Crippen molar-refractivity contribution in [1.29, 1.82) is 0 Å². The van der Waals surface area contributed by atoms with Gasteiger partial charge in [-0.25, -0.2) is 0 Å². The Labute approximate surface area is 112 Å². The minimum atomic E-state index is -0.280. The Balaban J connectivity index is 4.38. The Hall–Kier alpha value is 0.680. The van der Waals surface area contributed by atoms with E-state index in [1.165, 1.54) is 0 Å². The van der Waals surface area contributed by atoms with Crippen molar-refractivity contribution in [2.75, 3.05) is 23.9 Å². The molecule has 0 N–H and O–H groups in total. The number of carbonyl (C=O) groups is 1. The Bertz CT molecular complexity index is 158. The van der Waals surface area contributed by atoms with E-state index < -0.39 is 0 Å². The molecule has 0 fully saturated rings. The zero-order chi connectivity index (χ0) is 12.4. The van der Waals surface area contributed by atoms with Gasteiger partial charge in [0.2, 0.25) is 0 Å². The van der Waals surface area contributed by atoms with Gasteiger partial charge in [-0.1, -0.05) is 20.8 Å². The van der Waals surface area contributed by atoms with E-state index in [1.807, 2.05) is 6.92 Å². The molecule has 0 saturated heterocycles. The van der Waals surface area contributed by atoms with Crippen molar-refractivity contribution in [2.45, 2.75) is 37.7 Å². The molecule has 0 aliphatic heterocycles. The van der Waals surface area contributed by atoms with Crippen molar-refractivity contribution in [2.24, 2.45) is 0 Å². The first kappa shape index (κ1) is 16.7. The smallest absolute Gasteiger partial charge is 0.194 e. The molecule has 2 nitrogen and oxygen atoms in total. The Morgan fingerprint density at radius 2 is 1.50 bits per heavy atom. The van der Waals surface area contributed by atoms with Crippen molar-refractivity contribution in [1.82, 2.24) is 0 Å². The Kier molecular flexibility index (Phi) is 11.3. The lowest BCUT2D eigenvalue weighted by Gasteiger charge is -2.20. The molecule has 0 aliphatic rings. The van der Waals surface area contributed by atoms with Crippen molar-refractivity contribution in [3.05, 3.63) is 0 Å². The predicted octanol–water partition coefficient (Wildman–Crippen LogP) is 3.50. The van der Waals surface area contributed by atoms with Gasteiger partial charge in [0.1, 0.15) is 4.58 Å². The molecule has 0 heterocycles. The number of hydrogen-bond donors (Lipinski definition) is 0. The molecule has 0 aromatic heterocycles. The van der Waals surface area contributed by atoms with Crippen LogP contribution in [0.1, 0.15) is 27.7 Å². The molecule has 1 unspecified atom stereocenters. The number of ketones is 1. The second-order valence-electron chi connectivity index (χ2n) is 2.89. The second kappa shape index (κ2) is 10.8. The summed E-state index contributed by atoms with van der Waals surface area (Å²) in [6.07, 6.45) is 0. The highest BCUT2D eigenvalue weighted by Crippen LogP contribution is 2.28. The third-order valence-electron chi connectivity index (χ3n) is 1.74. The van der Waals surface area contributed by atoms with E-state index >= 15 is 0 Å². The van der Waals surface area contributed by atoms with Crippen LogP contribution in [0.25, 0.3) is 0 Å². The maximum Gasteiger partial charge on any atom is 0.194 e. The lowest BCUT2D eigenvalue weighted by atomic mass is 10.5. The van der Waals surface area contributed by atoms with E-state index in [1.54, 1.807) is 35.3 Å². The van der Waals surface area contributed by atoms with E-state index in [0.29, 0.717) is 6.61 Å². The topological polar surface area (TPSA) is 26.3 Å². The molecule has 0 aromatic rings. The second-order valence-corrected chi connectivity index (χ2v) is 7.29.